The second-order valence-corrected chi connectivity index (χ2v) is 8.87. The molecule has 10 heteroatoms. The summed E-state index contributed by atoms with van der Waals surface area (Å²) in [6, 6.07) is 9.89. The highest BCUT2D eigenvalue weighted by atomic mass is 35.5. The first kappa shape index (κ1) is 22.2. The molecule has 30 heavy (non-hydrogen) atoms. The molecule has 1 aliphatic rings. The SMILES string of the molecule is O=C(C=Cc1ccc(OC(F)F)cc1)Nc1cc(S(=O)(=O)N2CCCC2)ccc1Cl. The normalized spacial score (nSPS) is 15.1. The fourth-order valence-corrected chi connectivity index (χ4v) is 4.65. The maximum atomic E-state index is 12.7. The minimum absolute atomic E-state index is 0.00871. The van der Waals surface area contributed by atoms with Crippen molar-refractivity contribution in [1.82, 2.24) is 4.31 Å². The molecule has 160 valence electrons. The molecule has 0 radical (unpaired) electrons. The lowest BCUT2D eigenvalue weighted by Crippen LogP contribution is -2.27. The topological polar surface area (TPSA) is 75.7 Å². The molecule has 0 bridgehead atoms. The number of halogens is 3. The molecule has 1 fully saturated rings. The monoisotopic (exact) mass is 456 g/mol. The highest BCUT2D eigenvalue weighted by Crippen LogP contribution is 2.28. The Kier molecular flexibility index (Phi) is 7.06. The van der Waals surface area contributed by atoms with E-state index in [4.69, 9.17) is 11.6 Å². The van der Waals surface area contributed by atoms with Crippen molar-refractivity contribution in [2.24, 2.45) is 0 Å². The van der Waals surface area contributed by atoms with Crippen LogP contribution in [-0.2, 0) is 14.8 Å². The van der Waals surface area contributed by atoms with Gasteiger partial charge in [0.2, 0.25) is 15.9 Å². The lowest BCUT2D eigenvalue weighted by molar-refractivity contribution is -0.111. The molecule has 0 aromatic heterocycles. The zero-order valence-corrected chi connectivity index (χ0v) is 17.3. The summed E-state index contributed by atoms with van der Waals surface area (Å²) in [6.07, 6.45) is 4.33. The summed E-state index contributed by atoms with van der Waals surface area (Å²) >= 11 is 6.10. The van der Waals surface area contributed by atoms with Crippen LogP contribution < -0.4 is 10.1 Å². The van der Waals surface area contributed by atoms with E-state index in [0.717, 1.165) is 12.8 Å². The van der Waals surface area contributed by atoms with E-state index in [1.165, 1.54) is 58.9 Å². The standard InChI is InChI=1S/C20H19ClF2N2O4S/c21-17-9-8-16(30(27,28)25-11-1-2-12-25)13-18(17)24-19(26)10-5-14-3-6-15(7-4-14)29-20(22)23/h3-10,13,20H,1-2,11-12H2,(H,24,26). The summed E-state index contributed by atoms with van der Waals surface area (Å²) in [5.41, 5.74) is 0.760. The first-order chi connectivity index (χ1) is 14.3. The van der Waals surface area contributed by atoms with Gasteiger partial charge in [-0.3, -0.25) is 4.79 Å². The molecule has 6 nitrogen and oxygen atoms in total. The Bertz CT molecular complexity index is 1040. The van der Waals surface area contributed by atoms with Gasteiger partial charge in [0.15, 0.2) is 0 Å². The third-order valence-electron chi connectivity index (χ3n) is 4.43. The minimum Gasteiger partial charge on any atom is -0.435 e. The fraction of sp³-hybridized carbons (Fsp3) is 0.250. The Hall–Kier alpha value is -2.49. The van der Waals surface area contributed by atoms with Gasteiger partial charge >= 0.3 is 6.61 Å². The summed E-state index contributed by atoms with van der Waals surface area (Å²) in [5.74, 6) is -0.519. The molecule has 1 amide bonds. The number of sulfonamides is 1. The van der Waals surface area contributed by atoms with Gasteiger partial charge in [-0.2, -0.15) is 13.1 Å². The quantitative estimate of drug-likeness (QED) is 0.627. The minimum atomic E-state index is -3.64. The highest BCUT2D eigenvalue weighted by Gasteiger charge is 2.27. The zero-order valence-electron chi connectivity index (χ0n) is 15.7. The molecule has 0 spiro atoms. The van der Waals surface area contributed by atoms with Crippen LogP contribution in [0.25, 0.3) is 6.08 Å². The molecule has 2 aromatic carbocycles. The number of amides is 1. The van der Waals surface area contributed by atoms with Crippen molar-refractivity contribution in [2.45, 2.75) is 24.3 Å². The van der Waals surface area contributed by atoms with E-state index in [9.17, 15) is 22.0 Å². The summed E-state index contributed by atoms with van der Waals surface area (Å²) in [7, 11) is -3.64. The molecule has 2 aromatic rings. The fourth-order valence-electron chi connectivity index (χ4n) is 2.94. The second-order valence-electron chi connectivity index (χ2n) is 6.52. The smallest absolute Gasteiger partial charge is 0.387 e. The maximum Gasteiger partial charge on any atom is 0.387 e. The van der Waals surface area contributed by atoms with Crippen molar-refractivity contribution < 1.29 is 26.7 Å². The van der Waals surface area contributed by atoms with Crippen LogP contribution in [-0.4, -0.2) is 38.3 Å². The van der Waals surface area contributed by atoms with Gasteiger partial charge in [0.25, 0.3) is 0 Å². The van der Waals surface area contributed by atoms with Crippen LogP contribution in [0.4, 0.5) is 14.5 Å². The number of hydrogen-bond donors (Lipinski definition) is 1. The number of rotatable bonds is 7. The number of ether oxygens (including phenoxy) is 1. The molecule has 1 saturated heterocycles. The van der Waals surface area contributed by atoms with Crippen LogP contribution in [0.5, 0.6) is 5.75 Å². The molecule has 1 heterocycles. The Morgan fingerprint density at radius 3 is 2.43 bits per heavy atom. The van der Waals surface area contributed by atoms with Crippen molar-refractivity contribution in [3.8, 4) is 5.75 Å². The Morgan fingerprint density at radius 1 is 1.13 bits per heavy atom. The van der Waals surface area contributed by atoms with Gasteiger partial charge in [-0.05, 0) is 54.8 Å². The Morgan fingerprint density at radius 2 is 1.80 bits per heavy atom. The van der Waals surface area contributed by atoms with Gasteiger partial charge in [-0.25, -0.2) is 8.42 Å². The van der Waals surface area contributed by atoms with Gasteiger partial charge in [0, 0.05) is 19.2 Å². The number of nitrogens with one attached hydrogen (secondary N) is 1. The number of benzene rings is 2. The molecule has 0 saturated carbocycles. The molecule has 0 aliphatic carbocycles. The van der Waals surface area contributed by atoms with Crippen LogP contribution in [0.3, 0.4) is 0 Å². The van der Waals surface area contributed by atoms with Crippen LogP contribution in [0.15, 0.2) is 53.4 Å². The number of carbonyl (C=O) groups is 1. The number of hydrogen-bond acceptors (Lipinski definition) is 4. The number of carbonyl (C=O) groups excluding carboxylic acids is 1. The average molecular weight is 457 g/mol. The number of alkyl halides is 2. The van der Waals surface area contributed by atoms with E-state index in [0.29, 0.717) is 18.7 Å². The Labute approximate surface area is 178 Å². The van der Waals surface area contributed by atoms with Gasteiger partial charge in [0.1, 0.15) is 5.75 Å². The van der Waals surface area contributed by atoms with E-state index in [-0.39, 0.29) is 21.4 Å². The lowest BCUT2D eigenvalue weighted by Gasteiger charge is -2.16. The van der Waals surface area contributed by atoms with Gasteiger partial charge in [-0.15, -0.1) is 0 Å². The molecule has 0 unspecified atom stereocenters. The van der Waals surface area contributed by atoms with E-state index >= 15 is 0 Å². The lowest BCUT2D eigenvalue weighted by atomic mass is 10.2. The summed E-state index contributed by atoms with van der Waals surface area (Å²) in [5, 5.41) is 2.76. The van der Waals surface area contributed by atoms with Crippen molar-refractivity contribution in [2.75, 3.05) is 18.4 Å². The molecule has 1 aliphatic heterocycles. The van der Waals surface area contributed by atoms with Crippen LogP contribution in [0.2, 0.25) is 5.02 Å². The Balaban J connectivity index is 1.69. The average Bonchev–Trinajstić information content (AvgIpc) is 3.24. The van der Waals surface area contributed by atoms with Crippen LogP contribution >= 0.6 is 11.6 Å². The van der Waals surface area contributed by atoms with Crippen molar-refractivity contribution >= 4 is 39.3 Å². The van der Waals surface area contributed by atoms with Crippen LogP contribution in [0, 0.1) is 0 Å². The molecule has 3 rings (SSSR count). The van der Waals surface area contributed by atoms with E-state index < -0.39 is 22.5 Å². The summed E-state index contributed by atoms with van der Waals surface area (Å²) < 4.78 is 55.4. The van der Waals surface area contributed by atoms with Crippen molar-refractivity contribution in [3.63, 3.8) is 0 Å². The molecule has 0 atom stereocenters. The van der Waals surface area contributed by atoms with Gasteiger partial charge < -0.3 is 10.1 Å². The third-order valence-corrected chi connectivity index (χ3v) is 6.66. The van der Waals surface area contributed by atoms with Crippen LogP contribution in [0.1, 0.15) is 18.4 Å². The van der Waals surface area contributed by atoms with Gasteiger partial charge in [0.05, 0.1) is 15.6 Å². The largest absolute Gasteiger partial charge is 0.435 e. The van der Waals surface area contributed by atoms with E-state index in [2.05, 4.69) is 10.1 Å². The summed E-state index contributed by atoms with van der Waals surface area (Å²) in [4.78, 5) is 12.3. The van der Waals surface area contributed by atoms with Crippen molar-refractivity contribution in [3.05, 3.63) is 59.1 Å². The summed E-state index contributed by atoms with van der Waals surface area (Å²) in [6.45, 7) is -1.97. The first-order valence-corrected chi connectivity index (χ1v) is 10.9. The van der Waals surface area contributed by atoms with Crippen molar-refractivity contribution in [1.29, 1.82) is 0 Å². The maximum absolute atomic E-state index is 12.7. The third kappa shape index (κ3) is 5.56. The number of nitrogens with zero attached hydrogens (tertiary/aromatic N) is 1. The predicted octanol–water partition coefficient (Wildman–Crippen LogP) is 4.38. The first-order valence-electron chi connectivity index (χ1n) is 9.09. The second kappa shape index (κ2) is 9.55. The predicted molar refractivity (Wildman–Crippen MR) is 110 cm³/mol. The van der Waals surface area contributed by atoms with E-state index in [1.807, 2.05) is 0 Å². The molecular weight excluding hydrogens is 438 g/mol. The molecule has 1 N–H and O–H groups in total. The zero-order chi connectivity index (χ0) is 21.7. The molecular formula is C20H19ClF2N2O4S. The van der Waals surface area contributed by atoms with E-state index in [1.54, 1.807) is 0 Å². The van der Waals surface area contributed by atoms with Gasteiger partial charge in [-0.1, -0.05) is 23.7 Å². The highest BCUT2D eigenvalue weighted by molar-refractivity contribution is 7.89. The number of anilines is 1.